The number of carbonyl (C=O) groups is 1. The van der Waals surface area contributed by atoms with Gasteiger partial charge >= 0.3 is 0 Å². The van der Waals surface area contributed by atoms with Gasteiger partial charge in [0.2, 0.25) is 5.91 Å². The first-order valence-corrected chi connectivity index (χ1v) is 9.44. The molecule has 1 aliphatic rings. The lowest BCUT2D eigenvalue weighted by Crippen LogP contribution is -2.47. The fourth-order valence-corrected chi connectivity index (χ4v) is 3.45. The summed E-state index contributed by atoms with van der Waals surface area (Å²) in [5.74, 6) is 0.849. The number of benzene rings is 2. The summed E-state index contributed by atoms with van der Waals surface area (Å²) < 4.78 is 5.37. The van der Waals surface area contributed by atoms with Crippen molar-refractivity contribution in [3.63, 3.8) is 0 Å². The highest BCUT2D eigenvalue weighted by molar-refractivity contribution is 5.92. The number of rotatable bonds is 5. The van der Waals surface area contributed by atoms with E-state index in [9.17, 15) is 4.79 Å². The van der Waals surface area contributed by atoms with Gasteiger partial charge in [0.15, 0.2) is 0 Å². The summed E-state index contributed by atoms with van der Waals surface area (Å²) in [7, 11) is 1.65. The number of amides is 1. The third kappa shape index (κ3) is 5.20. The second kappa shape index (κ2) is 8.87. The highest BCUT2D eigenvalue weighted by Gasteiger charge is 2.19. The van der Waals surface area contributed by atoms with Crippen LogP contribution in [-0.2, 0) is 11.3 Å². The Morgan fingerprint density at radius 2 is 1.78 bits per heavy atom. The quantitative estimate of drug-likeness (QED) is 0.759. The monoisotopic (exact) mass is 364 g/mol. The fraction of sp³-hybridized carbons (Fsp3) is 0.348. The van der Waals surface area contributed by atoms with E-state index in [0.29, 0.717) is 0 Å². The van der Waals surface area contributed by atoms with Crippen molar-refractivity contribution in [2.24, 2.45) is 0 Å². The zero-order chi connectivity index (χ0) is 19.2. The van der Waals surface area contributed by atoms with E-state index in [1.807, 2.05) is 36.1 Å². The van der Waals surface area contributed by atoms with E-state index in [1.165, 1.54) is 11.1 Å². The molecule has 0 bridgehead atoms. The van der Waals surface area contributed by atoms with E-state index in [-0.39, 0.29) is 5.91 Å². The van der Waals surface area contributed by atoms with Crippen molar-refractivity contribution in [2.45, 2.75) is 20.4 Å². The van der Waals surface area contributed by atoms with Crippen LogP contribution in [-0.4, -0.2) is 49.0 Å². The number of piperazine rings is 1. The summed E-state index contributed by atoms with van der Waals surface area (Å²) >= 11 is 0. The lowest BCUT2D eigenvalue weighted by Gasteiger charge is -2.34. The van der Waals surface area contributed by atoms with Gasteiger partial charge in [-0.25, -0.2) is 0 Å². The van der Waals surface area contributed by atoms with Crippen LogP contribution >= 0.6 is 0 Å². The molecule has 27 heavy (non-hydrogen) atoms. The van der Waals surface area contributed by atoms with Gasteiger partial charge in [0.1, 0.15) is 5.75 Å². The maximum atomic E-state index is 12.5. The van der Waals surface area contributed by atoms with Crippen LogP contribution in [0.5, 0.6) is 5.75 Å². The minimum atomic E-state index is 0.0637. The average Bonchev–Trinajstić information content (AvgIpc) is 2.67. The molecule has 1 aliphatic heterocycles. The minimum Gasteiger partial charge on any atom is -0.496 e. The van der Waals surface area contributed by atoms with Gasteiger partial charge < -0.3 is 9.64 Å². The van der Waals surface area contributed by atoms with E-state index in [0.717, 1.165) is 49.6 Å². The van der Waals surface area contributed by atoms with Crippen LogP contribution in [0.25, 0.3) is 6.08 Å². The largest absolute Gasteiger partial charge is 0.496 e. The van der Waals surface area contributed by atoms with Crippen LogP contribution < -0.4 is 4.74 Å². The first kappa shape index (κ1) is 19.2. The summed E-state index contributed by atoms with van der Waals surface area (Å²) in [6.45, 7) is 8.43. The molecule has 0 saturated carbocycles. The normalized spacial score (nSPS) is 15.3. The number of methoxy groups -OCH3 is 1. The molecule has 0 aromatic heterocycles. The van der Waals surface area contributed by atoms with Crippen molar-refractivity contribution in [3.8, 4) is 5.75 Å². The minimum absolute atomic E-state index is 0.0637. The van der Waals surface area contributed by atoms with E-state index < -0.39 is 0 Å². The average molecular weight is 364 g/mol. The molecule has 0 atom stereocenters. The summed E-state index contributed by atoms with van der Waals surface area (Å²) in [4.78, 5) is 16.9. The molecule has 1 fully saturated rings. The molecule has 0 spiro atoms. The van der Waals surface area contributed by atoms with Gasteiger partial charge in [0.05, 0.1) is 7.11 Å². The highest BCUT2D eigenvalue weighted by atomic mass is 16.5. The molecule has 2 aromatic rings. The molecule has 1 amide bonds. The Balaban J connectivity index is 1.55. The number of hydrogen-bond donors (Lipinski definition) is 0. The maximum Gasteiger partial charge on any atom is 0.246 e. The lowest BCUT2D eigenvalue weighted by atomic mass is 10.1. The lowest BCUT2D eigenvalue weighted by molar-refractivity contribution is -0.127. The second-order valence-corrected chi connectivity index (χ2v) is 7.17. The van der Waals surface area contributed by atoms with Gasteiger partial charge in [-0.2, -0.15) is 0 Å². The van der Waals surface area contributed by atoms with Crippen LogP contribution in [0.4, 0.5) is 0 Å². The van der Waals surface area contributed by atoms with Gasteiger partial charge in [-0.15, -0.1) is 0 Å². The van der Waals surface area contributed by atoms with Gasteiger partial charge in [-0.3, -0.25) is 9.69 Å². The molecule has 0 aliphatic carbocycles. The summed E-state index contributed by atoms with van der Waals surface area (Å²) in [6, 6.07) is 14.6. The number of nitrogens with zero attached hydrogens (tertiary/aromatic N) is 2. The molecule has 1 saturated heterocycles. The summed E-state index contributed by atoms with van der Waals surface area (Å²) in [6.07, 6.45) is 3.51. The van der Waals surface area contributed by atoms with Crippen LogP contribution in [0.15, 0.2) is 48.5 Å². The summed E-state index contributed by atoms with van der Waals surface area (Å²) in [5, 5.41) is 0. The molecule has 4 heteroatoms. The standard InChI is InChI=1S/C23H28N2O2/c1-18-5-4-6-20(15-18)17-24-11-13-25(14-12-24)23(26)10-8-21-16-19(2)7-9-22(21)27-3/h4-10,15-16H,11-14,17H2,1-3H3/b10-8+. The predicted octanol–water partition coefficient (Wildman–Crippen LogP) is 3.67. The topological polar surface area (TPSA) is 32.8 Å². The molecule has 3 rings (SSSR count). The van der Waals surface area contributed by atoms with E-state index in [4.69, 9.17) is 4.74 Å². The molecule has 0 radical (unpaired) electrons. The van der Waals surface area contributed by atoms with Crippen LogP contribution in [0.3, 0.4) is 0 Å². The van der Waals surface area contributed by atoms with Gasteiger partial charge in [-0.1, -0.05) is 41.5 Å². The van der Waals surface area contributed by atoms with Crippen molar-refractivity contribution >= 4 is 12.0 Å². The third-order valence-corrected chi connectivity index (χ3v) is 4.96. The fourth-order valence-electron chi connectivity index (χ4n) is 3.45. The number of carbonyl (C=O) groups excluding carboxylic acids is 1. The Labute approximate surface area is 162 Å². The van der Waals surface area contributed by atoms with Crippen LogP contribution in [0.1, 0.15) is 22.3 Å². The zero-order valence-electron chi connectivity index (χ0n) is 16.4. The maximum absolute atomic E-state index is 12.5. The van der Waals surface area contributed by atoms with Crippen molar-refractivity contribution in [3.05, 3.63) is 70.8 Å². The number of hydrogen-bond acceptors (Lipinski definition) is 3. The Bertz CT molecular complexity index is 821. The van der Waals surface area contributed by atoms with Gasteiger partial charge in [-0.05, 0) is 37.6 Å². The second-order valence-electron chi connectivity index (χ2n) is 7.17. The molecule has 0 unspecified atom stereocenters. The van der Waals surface area contributed by atoms with Crippen LogP contribution in [0, 0.1) is 13.8 Å². The zero-order valence-corrected chi connectivity index (χ0v) is 16.4. The Morgan fingerprint density at radius 1 is 1.04 bits per heavy atom. The molecule has 4 nitrogen and oxygen atoms in total. The first-order chi connectivity index (χ1) is 13.0. The Morgan fingerprint density at radius 3 is 2.48 bits per heavy atom. The third-order valence-electron chi connectivity index (χ3n) is 4.96. The molecule has 2 aromatic carbocycles. The first-order valence-electron chi connectivity index (χ1n) is 9.44. The molecular weight excluding hydrogens is 336 g/mol. The van der Waals surface area contributed by atoms with E-state index in [1.54, 1.807) is 13.2 Å². The Kier molecular flexibility index (Phi) is 6.30. The SMILES string of the molecule is COc1ccc(C)cc1/C=C/C(=O)N1CCN(Cc2cccc(C)c2)CC1. The van der Waals surface area contributed by atoms with E-state index >= 15 is 0 Å². The number of aryl methyl sites for hydroxylation is 2. The molecule has 0 N–H and O–H groups in total. The molecule has 142 valence electrons. The molecule has 1 heterocycles. The summed E-state index contributed by atoms with van der Waals surface area (Å²) in [5.41, 5.74) is 4.70. The molecular formula is C23H28N2O2. The highest BCUT2D eigenvalue weighted by Crippen LogP contribution is 2.21. The van der Waals surface area contributed by atoms with Crippen molar-refractivity contribution in [1.29, 1.82) is 0 Å². The van der Waals surface area contributed by atoms with Crippen LogP contribution in [0.2, 0.25) is 0 Å². The van der Waals surface area contributed by atoms with Gasteiger partial charge in [0.25, 0.3) is 0 Å². The van der Waals surface area contributed by atoms with Gasteiger partial charge in [0, 0.05) is 44.4 Å². The predicted molar refractivity (Wildman–Crippen MR) is 110 cm³/mol. The number of ether oxygens (including phenoxy) is 1. The van der Waals surface area contributed by atoms with Crippen molar-refractivity contribution in [1.82, 2.24) is 9.80 Å². The smallest absolute Gasteiger partial charge is 0.246 e. The van der Waals surface area contributed by atoms with Crippen molar-refractivity contribution < 1.29 is 9.53 Å². The Hall–Kier alpha value is -2.59. The van der Waals surface area contributed by atoms with Crippen molar-refractivity contribution in [2.75, 3.05) is 33.3 Å². The van der Waals surface area contributed by atoms with E-state index in [2.05, 4.69) is 36.1 Å².